The Morgan fingerprint density at radius 3 is 2.73 bits per heavy atom. The fraction of sp³-hybridized carbons (Fsp3) is 0. The van der Waals surface area contributed by atoms with E-state index in [-0.39, 0.29) is 11.7 Å². The van der Waals surface area contributed by atoms with Gasteiger partial charge in [0.05, 0.1) is 5.16 Å². The van der Waals surface area contributed by atoms with E-state index < -0.39 is 6.01 Å². The molecule has 6 heteroatoms. The fourth-order valence-electron chi connectivity index (χ4n) is 0.514. The highest BCUT2D eigenvalue weighted by Crippen LogP contribution is 2.16. The van der Waals surface area contributed by atoms with Crippen molar-refractivity contribution in [3.8, 4) is 11.9 Å². The van der Waals surface area contributed by atoms with Crippen molar-refractivity contribution in [2.75, 3.05) is 0 Å². The molecule has 11 heavy (non-hydrogen) atoms. The monoisotopic (exact) mass is 169 g/mol. The van der Waals surface area contributed by atoms with E-state index in [1.165, 1.54) is 0 Å². The second-order valence-corrected chi connectivity index (χ2v) is 1.77. The van der Waals surface area contributed by atoms with Crippen molar-refractivity contribution in [2.45, 2.75) is 0 Å². The first-order valence-electron chi connectivity index (χ1n) is 2.57. The molecule has 1 aromatic heterocycles. The van der Waals surface area contributed by atoms with Crippen LogP contribution >= 0.6 is 12.2 Å². The lowest BCUT2D eigenvalue weighted by molar-refractivity contribution is 0.398. The molecule has 0 unspecified atom stereocenters. The lowest BCUT2D eigenvalue weighted by atomic mass is 10.6. The van der Waals surface area contributed by atoms with Crippen LogP contribution in [0.3, 0.4) is 0 Å². The number of hydrogen-bond acceptors (Lipinski definition) is 6. The van der Waals surface area contributed by atoms with Crippen LogP contribution in [-0.2, 0) is 0 Å². The summed E-state index contributed by atoms with van der Waals surface area (Å²) in [5, 5.41) is 19.5. The van der Waals surface area contributed by atoms with Gasteiger partial charge >= 0.3 is 6.01 Å². The van der Waals surface area contributed by atoms with E-state index in [0.29, 0.717) is 0 Å². The molecule has 1 heterocycles. The number of isothiocyanates is 1. The Bertz CT molecular complexity index is 301. The minimum Gasteiger partial charge on any atom is -0.493 e. The van der Waals surface area contributed by atoms with Crippen molar-refractivity contribution < 1.29 is 10.2 Å². The van der Waals surface area contributed by atoms with Gasteiger partial charge in [0.25, 0.3) is 0 Å². The third-order valence-corrected chi connectivity index (χ3v) is 0.939. The average molecular weight is 169 g/mol. The first-order valence-corrected chi connectivity index (χ1v) is 2.98. The summed E-state index contributed by atoms with van der Waals surface area (Å²) in [5.74, 6) is -0.286. The smallest absolute Gasteiger partial charge is 0.319 e. The number of nitrogens with zero attached hydrogens (tertiary/aromatic N) is 3. The second-order valence-electron chi connectivity index (χ2n) is 1.59. The molecule has 0 saturated heterocycles. The number of aromatic nitrogens is 2. The summed E-state index contributed by atoms with van der Waals surface area (Å²) >= 11 is 4.28. The van der Waals surface area contributed by atoms with Crippen LogP contribution in [0.2, 0.25) is 0 Å². The third-order valence-electron chi connectivity index (χ3n) is 0.847. The van der Waals surface area contributed by atoms with Crippen molar-refractivity contribution in [1.82, 2.24) is 9.97 Å². The predicted octanol–water partition coefficient (Wildman–Crippen LogP) is 0.622. The Balaban J connectivity index is 3.18. The van der Waals surface area contributed by atoms with Gasteiger partial charge < -0.3 is 10.2 Å². The van der Waals surface area contributed by atoms with E-state index in [0.717, 1.165) is 6.07 Å². The summed E-state index contributed by atoms with van der Waals surface area (Å²) in [5.41, 5.74) is 0. The molecule has 0 aliphatic rings. The number of aromatic hydroxyl groups is 2. The van der Waals surface area contributed by atoms with Gasteiger partial charge in [0.2, 0.25) is 5.88 Å². The summed E-state index contributed by atoms with van der Waals surface area (Å²) in [6, 6.07) is 0.605. The minimum absolute atomic E-state index is 0.0741. The van der Waals surface area contributed by atoms with Crippen LogP contribution in [0.4, 0.5) is 5.82 Å². The maximum atomic E-state index is 8.79. The predicted molar refractivity (Wildman–Crippen MR) is 40.0 cm³/mol. The van der Waals surface area contributed by atoms with E-state index in [9.17, 15) is 0 Å². The maximum absolute atomic E-state index is 8.79. The van der Waals surface area contributed by atoms with Gasteiger partial charge in [0.1, 0.15) is 0 Å². The first kappa shape index (κ1) is 7.59. The molecule has 0 aromatic carbocycles. The van der Waals surface area contributed by atoms with Crippen LogP contribution in [0.5, 0.6) is 11.9 Å². The first-order chi connectivity index (χ1) is 5.22. The Labute approximate surface area is 67.1 Å². The lowest BCUT2D eigenvalue weighted by Crippen LogP contribution is -1.80. The molecule has 0 aliphatic carbocycles. The van der Waals surface area contributed by atoms with Crippen LogP contribution in [0, 0.1) is 0 Å². The number of hydrogen-bond donors (Lipinski definition) is 2. The molecule has 0 bridgehead atoms. The molecule has 5 nitrogen and oxygen atoms in total. The quantitative estimate of drug-likeness (QED) is 0.476. The van der Waals surface area contributed by atoms with Gasteiger partial charge in [0, 0.05) is 6.07 Å². The normalized spacial score (nSPS) is 8.73. The number of thiocarbonyl (C=S) groups is 1. The summed E-state index contributed by atoms with van der Waals surface area (Å²) in [6.07, 6.45) is 0. The van der Waals surface area contributed by atoms with Crippen molar-refractivity contribution in [2.24, 2.45) is 4.99 Å². The highest BCUT2D eigenvalue weighted by Gasteiger charge is 1.98. The maximum Gasteiger partial charge on any atom is 0.319 e. The molecule has 0 radical (unpaired) electrons. The second kappa shape index (κ2) is 3.05. The molecule has 0 fully saturated rings. The minimum atomic E-state index is -0.547. The van der Waals surface area contributed by atoms with Gasteiger partial charge in [-0.1, -0.05) is 0 Å². The Hall–Kier alpha value is -1.52. The zero-order valence-corrected chi connectivity index (χ0v) is 6.04. The van der Waals surface area contributed by atoms with Crippen molar-refractivity contribution in [3.05, 3.63) is 6.07 Å². The SMILES string of the molecule is Oc1cc(N=C=S)nc(O)n1. The van der Waals surface area contributed by atoms with E-state index >= 15 is 0 Å². The largest absolute Gasteiger partial charge is 0.493 e. The zero-order chi connectivity index (χ0) is 8.27. The summed E-state index contributed by atoms with van der Waals surface area (Å²) < 4.78 is 0. The molecule has 2 N–H and O–H groups in total. The molecule has 0 saturated carbocycles. The van der Waals surface area contributed by atoms with Crippen molar-refractivity contribution in [3.63, 3.8) is 0 Å². The zero-order valence-electron chi connectivity index (χ0n) is 5.22. The van der Waals surface area contributed by atoms with E-state index in [2.05, 4.69) is 27.2 Å². The van der Waals surface area contributed by atoms with Crippen molar-refractivity contribution in [1.29, 1.82) is 0 Å². The van der Waals surface area contributed by atoms with Gasteiger partial charge in [0.15, 0.2) is 5.82 Å². The van der Waals surface area contributed by atoms with Crippen LogP contribution in [0.1, 0.15) is 0 Å². The molecule has 0 aliphatic heterocycles. The molecule has 0 atom stereocenters. The Kier molecular flexibility index (Phi) is 2.10. The van der Waals surface area contributed by atoms with Crippen molar-refractivity contribution >= 4 is 23.2 Å². The van der Waals surface area contributed by atoms with Gasteiger partial charge in [-0.05, 0) is 12.2 Å². The van der Waals surface area contributed by atoms with E-state index in [1.807, 2.05) is 5.16 Å². The van der Waals surface area contributed by atoms with Crippen LogP contribution in [0.25, 0.3) is 0 Å². The molecule has 56 valence electrons. The summed E-state index contributed by atoms with van der Waals surface area (Å²) in [6.45, 7) is 0. The Morgan fingerprint density at radius 1 is 1.45 bits per heavy atom. The van der Waals surface area contributed by atoms with E-state index in [4.69, 9.17) is 10.2 Å². The molecule has 0 spiro atoms. The van der Waals surface area contributed by atoms with Gasteiger partial charge in [-0.2, -0.15) is 15.0 Å². The topological polar surface area (TPSA) is 78.6 Å². The summed E-state index contributed by atoms with van der Waals surface area (Å²) in [4.78, 5) is 10.0. The Morgan fingerprint density at radius 2 is 2.18 bits per heavy atom. The molecule has 1 rings (SSSR count). The average Bonchev–Trinajstić information content (AvgIpc) is 1.85. The molecule has 1 aromatic rings. The third kappa shape index (κ3) is 1.96. The molecular formula is C5H3N3O2S. The highest BCUT2D eigenvalue weighted by molar-refractivity contribution is 7.78. The van der Waals surface area contributed by atoms with Crippen LogP contribution in [-0.4, -0.2) is 25.3 Å². The lowest BCUT2D eigenvalue weighted by Gasteiger charge is -1.92. The van der Waals surface area contributed by atoms with Crippen LogP contribution < -0.4 is 0 Å². The highest BCUT2D eigenvalue weighted by atomic mass is 32.1. The number of aliphatic imine (C=N–C) groups is 1. The van der Waals surface area contributed by atoms with Gasteiger partial charge in [-0.15, -0.1) is 0 Å². The van der Waals surface area contributed by atoms with E-state index in [1.54, 1.807) is 0 Å². The molecule has 0 amide bonds. The number of rotatable bonds is 1. The fourth-order valence-corrected chi connectivity index (χ4v) is 0.608. The van der Waals surface area contributed by atoms with Gasteiger partial charge in [-0.25, -0.2) is 0 Å². The van der Waals surface area contributed by atoms with Gasteiger partial charge in [-0.3, -0.25) is 0 Å². The standard InChI is InChI=1S/C5H3N3O2S/c9-4-1-3(6-2-11)7-5(10)8-4/h1H,(H2,7,8,9,10). The summed E-state index contributed by atoms with van der Waals surface area (Å²) in [7, 11) is 0. The molecular weight excluding hydrogens is 166 g/mol. The van der Waals surface area contributed by atoms with Crippen LogP contribution in [0.15, 0.2) is 11.1 Å².